The summed E-state index contributed by atoms with van der Waals surface area (Å²) in [6, 6.07) is 8.90. The molecule has 0 radical (unpaired) electrons. The van der Waals surface area contributed by atoms with Crippen LogP contribution in [0.3, 0.4) is 0 Å². The molecule has 2 aromatic heterocycles. The van der Waals surface area contributed by atoms with Gasteiger partial charge in [0.1, 0.15) is 5.76 Å². The lowest BCUT2D eigenvalue weighted by Crippen LogP contribution is -2.14. The Labute approximate surface area is 205 Å². The molecule has 0 saturated heterocycles. The van der Waals surface area contributed by atoms with Gasteiger partial charge in [-0.15, -0.1) is 4.98 Å². The quantitative estimate of drug-likeness (QED) is 0.297. The van der Waals surface area contributed by atoms with E-state index < -0.39 is 6.08 Å². The highest BCUT2D eigenvalue weighted by atomic mass is 79.9. The van der Waals surface area contributed by atoms with E-state index in [4.69, 9.17) is 4.74 Å². The topological polar surface area (TPSA) is 89.9 Å². The normalized spacial score (nSPS) is 14.1. The van der Waals surface area contributed by atoms with Crippen LogP contribution >= 0.6 is 27.5 Å². The van der Waals surface area contributed by atoms with Gasteiger partial charge in [0, 0.05) is 27.4 Å². The highest BCUT2D eigenvalue weighted by molar-refractivity contribution is 9.10. The molecule has 6 rings (SSSR count). The zero-order chi connectivity index (χ0) is 23.2. The molecule has 2 aliphatic rings. The fraction of sp³-hybridized carbons (Fsp3) is 0.0417. The summed E-state index contributed by atoms with van der Waals surface area (Å²) in [5.74, 6) is 0.314. The number of ether oxygens (including phenoxy) is 1. The van der Waals surface area contributed by atoms with Gasteiger partial charge in [-0.25, -0.2) is 0 Å². The number of carbonyl (C=O) groups excluding carboxylic acids is 1. The Morgan fingerprint density at radius 1 is 1.06 bits per heavy atom. The fourth-order valence-electron chi connectivity index (χ4n) is 3.94. The van der Waals surface area contributed by atoms with Crippen molar-refractivity contribution in [2.75, 3.05) is 5.32 Å². The maximum atomic E-state index is 14.2. The lowest BCUT2D eigenvalue weighted by molar-refractivity contribution is 0.104. The minimum absolute atomic E-state index is 0.0811. The molecule has 0 saturated carbocycles. The highest BCUT2D eigenvalue weighted by Crippen LogP contribution is 2.46. The monoisotopic (exact) mass is 533 g/mol. The van der Waals surface area contributed by atoms with Crippen LogP contribution in [0.5, 0.6) is 6.01 Å². The minimum Gasteiger partial charge on any atom is -0.428 e. The van der Waals surface area contributed by atoms with Crippen LogP contribution in [0, 0.1) is 6.08 Å². The maximum Gasteiger partial charge on any atom is 0.329 e. The summed E-state index contributed by atoms with van der Waals surface area (Å²) in [6.07, 6.45) is 8.72. The van der Waals surface area contributed by atoms with Crippen molar-refractivity contribution in [3.63, 3.8) is 0 Å². The van der Waals surface area contributed by atoms with E-state index >= 15 is 0 Å². The van der Waals surface area contributed by atoms with E-state index in [1.807, 2.05) is 36.4 Å². The van der Waals surface area contributed by atoms with Gasteiger partial charge in [0.2, 0.25) is 5.95 Å². The minimum atomic E-state index is -1.00. The molecule has 2 heterocycles. The van der Waals surface area contributed by atoms with Crippen molar-refractivity contribution in [3.8, 4) is 17.3 Å². The molecule has 0 amide bonds. The summed E-state index contributed by atoms with van der Waals surface area (Å²) in [4.78, 5) is 25.1. The van der Waals surface area contributed by atoms with Gasteiger partial charge in [-0.2, -0.15) is 18.7 Å². The van der Waals surface area contributed by atoms with Crippen molar-refractivity contribution in [1.82, 2.24) is 19.3 Å². The van der Waals surface area contributed by atoms with Gasteiger partial charge >= 0.3 is 12.1 Å². The molecule has 7 nitrogen and oxygen atoms in total. The van der Waals surface area contributed by atoms with Gasteiger partial charge in [-0.3, -0.25) is 4.79 Å². The van der Waals surface area contributed by atoms with Crippen LogP contribution in [-0.4, -0.2) is 25.1 Å². The number of fused-ring (bicyclic) bond motifs is 2. The summed E-state index contributed by atoms with van der Waals surface area (Å²) in [6.45, 7) is 0. The van der Waals surface area contributed by atoms with Gasteiger partial charge in [-0.1, -0.05) is 52.4 Å². The number of rotatable bonds is 4. The molecule has 0 aliphatic heterocycles. The van der Waals surface area contributed by atoms with Crippen molar-refractivity contribution in [1.29, 1.82) is 0 Å². The molecule has 1 N–H and O–H groups in total. The Balaban J connectivity index is 1.41. The third kappa shape index (κ3) is 3.51. The first-order valence-corrected chi connectivity index (χ1v) is 11.8. The van der Waals surface area contributed by atoms with Crippen LogP contribution in [0.25, 0.3) is 21.3 Å². The van der Waals surface area contributed by atoms with Gasteiger partial charge in [-0.05, 0) is 35.8 Å². The Morgan fingerprint density at radius 2 is 1.97 bits per heavy atom. The number of ketones is 1. The summed E-state index contributed by atoms with van der Waals surface area (Å²) < 4.78 is 26.2. The number of aromatic nitrogens is 4. The Bertz CT molecular complexity index is 1590. The number of nitrogens with one attached hydrogen (secondary N) is 1. The van der Waals surface area contributed by atoms with Crippen LogP contribution in [0.2, 0.25) is 0 Å². The average molecular weight is 534 g/mol. The SMILES string of the molecule is O=C1c2c(Nc3nc(F)nc(OC4=CC=CC=CC4)n3)ccc(Br)c2-c2nsc3cccc1c23. The van der Waals surface area contributed by atoms with Gasteiger partial charge < -0.3 is 10.1 Å². The van der Waals surface area contributed by atoms with Crippen LogP contribution < -0.4 is 10.1 Å². The number of allylic oxidation sites excluding steroid dienone is 5. The van der Waals surface area contributed by atoms with E-state index in [9.17, 15) is 9.18 Å². The predicted octanol–water partition coefficient (Wildman–Crippen LogP) is 6.12. The van der Waals surface area contributed by atoms with E-state index in [1.165, 1.54) is 11.5 Å². The summed E-state index contributed by atoms with van der Waals surface area (Å²) >= 11 is 4.90. The first-order chi connectivity index (χ1) is 16.6. The average Bonchev–Trinajstić information content (AvgIpc) is 3.08. The second-order valence-corrected chi connectivity index (χ2v) is 9.13. The number of hydrogen-bond acceptors (Lipinski definition) is 8. The van der Waals surface area contributed by atoms with Gasteiger partial charge in [0.25, 0.3) is 0 Å². The van der Waals surface area contributed by atoms with Crippen molar-refractivity contribution in [3.05, 3.63) is 88.1 Å². The second-order valence-electron chi connectivity index (χ2n) is 7.47. The summed E-state index contributed by atoms with van der Waals surface area (Å²) in [7, 11) is 0. The van der Waals surface area contributed by atoms with E-state index in [1.54, 1.807) is 24.3 Å². The maximum absolute atomic E-state index is 14.2. The second kappa shape index (κ2) is 8.23. The molecule has 4 aromatic rings. The van der Waals surface area contributed by atoms with Crippen LogP contribution in [0.15, 0.2) is 70.9 Å². The smallest absolute Gasteiger partial charge is 0.329 e. The zero-order valence-corrected chi connectivity index (χ0v) is 19.7. The van der Waals surface area contributed by atoms with Crippen molar-refractivity contribution >= 4 is 55.0 Å². The third-order valence-corrected chi connectivity index (χ3v) is 6.85. The largest absolute Gasteiger partial charge is 0.428 e. The molecular weight excluding hydrogens is 521 g/mol. The first kappa shape index (κ1) is 20.8. The molecule has 0 spiro atoms. The molecule has 0 unspecified atom stereocenters. The molecule has 2 aromatic carbocycles. The fourth-order valence-corrected chi connectivity index (χ4v) is 5.27. The molecule has 0 bridgehead atoms. The van der Waals surface area contributed by atoms with Crippen molar-refractivity contribution in [2.45, 2.75) is 6.42 Å². The van der Waals surface area contributed by atoms with E-state index in [0.717, 1.165) is 20.3 Å². The molecular formula is C24H13BrFN5O2S. The molecule has 0 fully saturated rings. The number of hydrogen-bond donors (Lipinski definition) is 1. The molecule has 34 heavy (non-hydrogen) atoms. The molecule has 166 valence electrons. The van der Waals surface area contributed by atoms with Crippen molar-refractivity contribution < 1.29 is 13.9 Å². The van der Waals surface area contributed by atoms with Crippen molar-refractivity contribution in [2.24, 2.45) is 0 Å². The zero-order valence-electron chi connectivity index (χ0n) is 17.3. The molecule has 10 heteroatoms. The van der Waals surface area contributed by atoms with Crippen LogP contribution in [-0.2, 0) is 0 Å². The van der Waals surface area contributed by atoms with Gasteiger partial charge in [0.15, 0.2) is 5.78 Å². The van der Waals surface area contributed by atoms with Crippen LogP contribution in [0.1, 0.15) is 22.3 Å². The number of nitrogens with zero attached hydrogens (tertiary/aromatic N) is 4. The lowest BCUT2D eigenvalue weighted by Gasteiger charge is -2.20. The van der Waals surface area contributed by atoms with E-state index in [0.29, 0.717) is 34.6 Å². The summed E-state index contributed by atoms with van der Waals surface area (Å²) in [5, 5.41) is 3.82. The van der Waals surface area contributed by atoms with E-state index in [-0.39, 0.29) is 17.7 Å². The Hall–Kier alpha value is -3.76. The number of benzene rings is 2. The molecule has 2 aliphatic carbocycles. The predicted molar refractivity (Wildman–Crippen MR) is 131 cm³/mol. The Kier molecular flexibility index (Phi) is 5.04. The third-order valence-electron chi connectivity index (χ3n) is 5.38. The number of halogens is 2. The van der Waals surface area contributed by atoms with E-state index in [2.05, 4.69) is 40.6 Å². The lowest BCUT2D eigenvalue weighted by atomic mass is 9.86. The molecule has 0 atom stereocenters. The number of anilines is 2. The summed E-state index contributed by atoms with van der Waals surface area (Å²) in [5.41, 5.74) is 2.81. The van der Waals surface area contributed by atoms with Gasteiger partial charge in [0.05, 0.1) is 21.6 Å². The first-order valence-electron chi connectivity index (χ1n) is 10.2. The van der Waals surface area contributed by atoms with Crippen LogP contribution in [0.4, 0.5) is 16.0 Å². The highest BCUT2D eigenvalue weighted by Gasteiger charge is 2.31. The standard InChI is InChI=1S/C24H13BrFN5O2S/c25-14-10-11-15(19-18(14)20-17-13(21(19)32)8-5-9-16(17)34-31-20)27-23-28-22(26)29-24(30-23)33-12-6-3-1-2-4-7-12/h1-6,8-11H,7H2,(H,27,28,29,30). The Morgan fingerprint density at radius 3 is 2.88 bits per heavy atom. The number of carbonyl (C=O) groups is 1.